The lowest BCUT2D eigenvalue weighted by Gasteiger charge is -2.03. The molecule has 0 N–H and O–H groups in total. The van der Waals surface area contributed by atoms with E-state index in [0.717, 1.165) is 0 Å². The van der Waals surface area contributed by atoms with Crippen molar-refractivity contribution in [1.82, 2.24) is 4.57 Å². The normalized spacial score (nSPS) is 10.3. The third-order valence-electron chi connectivity index (χ3n) is 1.84. The van der Waals surface area contributed by atoms with E-state index in [4.69, 9.17) is 9.15 Å². The van der Waals surface area contributed by atoms with E-state index in [9.17, 15) is 9.59 Å². The lowest BCUT2D eigenvalue weighted by molar-refractivity contribution is 0.0512. The molecule has 0 spiro atoms. The number of halogens is 1. The van der Waals surface area contributed by atoms with Crippen LogP contribution in [0.2, 0.25) is 0 Å². The summed E-state index contributed by atoms with van der Waals surface area (Å²) in [6.45, 7) is 3.93. The van der Waals surface area contributed by atoms with Crippen LogP contribution in [0.4, 0.5) is 0 Å². The molecule has 6 heteroatoms. The van der Waals surface area contributed by atoms with Gasteiger partial charge >= 0.3 is 11.7 Å². The van der Waals surface area contributed by atoms with Gasteiger partial charge in [0.15, 0.2) is 5.69 Å². The van der Waals surface area contributed by atoms with Crippen LogP contribution in [0.25, 0.3) is 0 Å². The summed E-state index contributed by atoms with van der Waals surface area (Å²) in [5.74, 6) is -0.767. The average Bonchev–Trinajstić information content (AvgIpc) is 2.43. The molecule has 15 heavy (non-hydrogen) atoms. The fourth-order valence-corrected chi connectivity index (χ4v) is 1.61. The number of carbonyl (C=O) groups is 1. The van der Waals surface area contributed by atoms with Crippen LogP contribution in [-0.4, -0.2) is 22.5 Å². The van der Waals surface area contributed by atoms with E-state index in [0.29, 0.717) is 17.6 Å². The van der Waals surface area contributed by atoms with Gasteiger partial charge in [-0.1, -0.05) is 15.9 Å². The van der Waals surface area contributed by atoms with Gasteiger partial charge in [-0.05, 0) is 13.8 Å². The molecule has 5 nitrogen and oxygen atoms in total. The standard InChI is InChI=1S/C9H12BrNO4/c1-3-14-8(12)7-6(2)15-9(13)11(7)5-4-10/h3-5H2,1-2H3. The van der Waals surface area contributed by atoms with Gasteiger partial charge in [0.2, 0.25) is 0 Å². The Morgan fingerprint density at radius 1 is 1.60 bits per heavy atom. The lowest BCUT2D eigenvalue weighted by Crippen LogP contribution is -2.21. The Morgan fingerprint density at radius 2 is 2.27 bits per heavy atom. The lowest BCUT2D eigenvalue weighted by atomic mass is 10.3. The molecule has 0 bridgehead atoms. The number of hydrogen-bond donors (Lipinski definition) is 0. The number of oxazole rings is 1. The van der Waals surface area contributed by atoms with Crippen LogP contribution in [0.5, 0.6) is 0 Å². The first kappa shape index (κ1) is 12.0. The fraction of sp³-hybridized carbons (Fsp3) is 0.556. The topological polar surface area (TPSA) is 61.4 Å². The molecule has 0 atom stereocenters. The maximum atomic E-state index is 11.5. The third kappa shape index (κ3) is 2.50. The monoisotopic (exact) mass is 277 g/mol. The predicted molar refractivity (Wildman–Crippen MR) is 57.5 cm³/mol. The van der Waals surface area contributed by atoms with Crippen molar-refractivity contribution >= 4 is 21.9 Å². The first-order valence-corrected chi connectivity index (χ1v) is 5.67. The van der Waals surface area contributed by atoms with E-state index >= 15 is 0 Å². The predicted octanol–water partition coefficient (Wildman–Crippen LogP) is 1.32. The molecule has 0 aromatic carbocycles. The first-order chi connectivity index (χ1) is 7.11. The number of nitrogens with zero attached hydrogens (tertiary/aromatic N) is 1. The fourth-order valence-electron chi connectivity index (χ4n) is 1.26. The highest BCUT2D eigenvalue weighted by Gasteiger charge is 2.20. The minimum atomic E-state index is -0.532. The van der Waals surface area contributed by atoms with Crippen LogP contribution in [0.1, 0.15) is 23.2 Å². The van der Waals surface area contributed by atoms with E-state index in [1.54, 1.807) is 13.8 Å². The van der Waals surface area contributed by atoms with E-state index in [1.807, 2.05) is 0 Å². The highest BCUT2D eigenvalue weighted by Crippen LogP contribution is 2.08. The zero-order valence-electron chi connectivity index (χ0n) is 8.58. The van der Waals surface area contributed by atoms with Crippen molar-refractivity contribution < 1.29 is 13.9 Å². The highest BCUT2D eigenvalue weighted by molar-refractivity contribution is 9.09. The molecule has 0 unspecified atom stereocenters. The summed E-state index contributed by atoms with van der Waals surface area (Å²) in [6, 6.07) is 0. The summed E-state index contributed by atoms with van der Waals surface area (Å²) in [5, 5.41) is 0.568. The van der Waals surface area contributed by atoms with Gasteiger partial charge in [-0.25, -0.2) is 9.59 Å². The first-order valence-electron chi connectivity index (χ1n) is 4.55. The number of carbonyl (C=O) groups excluding carboxylic acids is 1. The summed E-state index contributed by atoms with van der Waals surface area (Å²) in [5.41, 5.74) is 0.196. The van der Waals surface area contributed by atoms with Crippen molar-refractivity contribution in [3.8, 4) is 0 Å². The Kier molecular flexibility index (Phi) is 4.14. The molecule has 0 radical (unpaired) electrons. The summed E-state index contributed by atoms with van der Waals surface area (Å²) in [7, 11) is 0. The molecule has 0 amide bonds. The zero-order valence-corrected chi connectivity index (χ0v) is 10.2. The van der Waals surface area contributed by atoms with Crippen LogP contribution in [0.3, 0.4) is 0 Å². The van der Waals surface area contributed by atoms with Gasteiger partial charge < -0.3 is 9.15 Å². The molecule has 0 aliphatic heterocycles. The quantitative estimate of drug-likeness (QED) is 0.615. The van der Waals surface area contributed by atoms with Crippen molar-refractivity contribution in [3.05, 3.63) is 22.0 Å². The molecule has 0 fully saturated rings. The SMILES string of the molecule is CCOC(=O)c1c(C)oc(=O)n1CCBr. The summed E-state index contributed by atoms with van der Waals surface area (Å²) < 4.78 is 11.0. The molecule has 0 saturated carbocycles. The largest absolute Gasteiger partial charge is 0.461 e. The Hall–Kier alpha value is -1.04. The minimum absolute atomic E-state index is 0.196. The Bertz CT molecular complexity index is 407. The molecular weight excluding hydrogens is 266 g/mol. The number of esters is 1. The van der Waals surface area contributed by atoms with Crippen LogP contribution in [-0.2, 0) is 11.3 Å². The van der Waals surface area contributed by atoms with Gasteiger partial charge in [0.05, 0.1) is 6.61 Å². The number of aromatic nitrogens is 1. The molecular formula is C9H12BrNO4. The third-order valence-corrected chi connectivity index (χ3v) is 2.20. The van der Waals surface area contributed by atoms with Crippen LogP contribution in [0.15, 0.2) is 9.21 Å². The Labute approximate surface area is 95.1 Å². The average molecular weight is 278 g/mol. The molecule has 1 heterocycles. The smallest absolute Gasteiger partial charge is 0.419 e. The van der Waals surface area contributed by atoms with Crippen molar-refractivity contribution in [2.45, 2.75) is 20.4 Å². The number of alkyl halides is 1. The molecule has 0 aliphatic rings. The molecule has 0 saturated heterocycles. The van der Waals surface area contributed by atoms with E-state index in [1.165, 1.54) is 4.57 Å². The molecule has 84 valence electrons. The van der Waals surface area contributed by atoms with Gasteiger partial charge in [0.25, 0.3) is 0 Å². The van der Waals surface area contributed by atoms with E-state index in [-0.39, 0.29) is 12.3 Å². The number of aryl methyl sites for hydroxylation is 1. The van der Waals surface area contributed by atoms with Crippen LogP contribution >= 0.6 is 15.9 Å². The van der Waals surface area contributed by atoms with Gasteiger partial charge in [-0.2, -0.15) is 0 Å². The van der Waals surface area contributed by atoms with Crippen LogP contribution < -0.4 is 5.76 Å². The highest BCUT2D eigenvalue weighted by atomic mass is 79.9. The molecule has 0 aliphatic carbocycles. The maximum absolute atomic E-state index is 11.5. The summed E-state index contributed by atoms with van der Waals surface area (Å²) in [6.07, 6.45) is 0. The summed E-state index contributed by atoms with van der Waals surface area (Å²) in [4.78, 5) is 22.8. The zero-order chi connectivity index (χ0) is 11.4. The Morgan fingerprint density at radius 3 is 2.80 bits per heavy atom. The van der Waals surface area contributed by atoms with Crippen molar-refractivity contribution in [2.75, 3.05) is 11.9 Å². The maximum Gasteiger partial charge on any atom is 0.419 e. The second-order valence-electron chi connectivity index (χ2n) is 2.83. The van der Waals surface area contributed by atoms with Gasteiger partial charge in [0, 0.05) is 11.9 Å². The number of rotatable bonds is 4. The molecule has 1 aromatic heterocycles. The minimum Gasteiger partial charge on any atom is -0.461 e. The van der Waals surface area contributed by atoms with Gasteiger partial charge in [0.1, 0.15) is 5.76 Å². The second-order valence-corrected chi connectivity index (χ2v) is 3.63. The molecule has 1 rings (SSSR count). The number of hydrogen-bond acceptors (Lipinski definition) is 4. The molecule has 1 aromatic rings. The number of ether oxygens (including phenoxy) is 1. The van der Waals surface area contributed by atoms with Crippen molar-refractivity contribution in [1.29, 1.82) is 0 Å². The van der Waals surface area contributed by atoms with Crippen molar-refractivity contribution in [3.63, 3.8) is 0 Å². The second kappa shape index (κ2) is 5.16. The van der Waals surface area contributed by atoms with Gasteiger partial charge in [-0.3, -0.25) is 4.57 Å². The Balaban J connectivity index is 3.14. The van der Waals surface area contributed by atoms with E-state index in [2.05, 4.69) is 15.9 Å². The van der Waals surface area contributed by atoms with E-state index < -0.39 is 11.7 Å². The van der Waals surface area contributed by atoms with Crippen molar-refractivity contribution in [2.24, 2.45) is 0 Å². The summed E-state index contributed by atoms with van der Waals surface area (Å²) >= 11 is 3.20. The van der Waals surface area contributed by atoms with Gasteiger partial charge in [-0.15, -0.1) is 0 Å². The van der Waals surface area contributed by atoms with Crippen LogP contribution in [0, 0.1) is 6.92 Å².